The molecule has 2 nitrogen and oxygen atoms in total. The molecule has 2 aliphatic carbocycles. The summed E-state index contributed by atoms with van der Waals surface area (Å²) in [5.41, 5.74) is 10.9. The molecule has 1 unspecified atom stereocenters. The van der Waals surface area contributed by atoms with Gasteiger partial charge in [-0.2, -0.15) is 4.57 Å². The van der Waals surface area contributed by atoms with Gasteiger partial charge in [-0.1, -0.05) is 108 Å². The lowest BCUT2D eigenvalue weighted by Crippen LogP contribution is -2.44. The van der Waals surface area contributed by atoms with Crippen molar-refractivity contribution in [1.29, 1.82) is 0 Å². The Morgan fingerprint density at radius 3 is 1.82 bits per heavy atom. The van der Waals surface area contributed by atoms with Crippen LogP contribution in [-0.4, -0.2) is 4.57 Å². The van der Waals surface area contributed by atoms with Gasteiger partial charge in [0.2, 0.25) is 6.33 Å². The zero-order valence-corrected chi connectivity index (χ0v) is 26.7. The van der Waals surface area contributed by atoms with Gasteiger partial charge in [0.05, 0.1) is 7.05 Å². The minimum atomic E-state index is 0.0952. The topological polar surface area (TPSA) is 8.81 Å². The summed E-state index contributed by atoms with van der Waals surface area (Å²) in [7, 11) is 2.20. The molecule has 2 aliphatic rings. The molecular weight excluding hydrogens is 460 g/mol. The number of aryl methyl sites for hydroxylation is 1. The molecule has 2 aromatic carbocycles. The SMILES string of the molecule is CCCCCC1(C)c2ccc(-n3c[n+](C)c4cc5c(cc43)C(C)(C)C(C)(C)C5(C)C)cc2C(C)(C)C1(C)C. The van der Waals surface area contributed by atoms with Gasteiger partial charge in [0, 0.05) is 0 Å². The molecule has 0 spiro atoms. The second-order valence-corrected chi connectivity index (χ2v) is 15.6. The molecule has 0 aliphatic heterocycles. The van der Waals surface area contributed by atoms with Gasteiger partial charge in [0.15, 0.2) is 11.0 Å². The Morgan fingerprint density at radius 1 is 0.658 bits per heavy atom. The summed E-state index contributed by atoms with van der Waals surface area (Å²) in [6.45, 7) is 29.5. The highest BCUT2D eigenvalue weighted by Gasteiger charge is 2.59. The van der Waals surface area contributed by atoms with Crippen LogP contribution in [0.4, 0.5) is 0 Å². The maximum atomic E-state index is 2.54. The number of aromatic nitrogens is 2. The second kappa shape index (κ2) is 7.98. The highest BCUT2D eigenvalue weighted by atomic mass is 15.1. The first-order valence-electron chi connectivity index (χ1n) is 15.1. The normalized spacial score (nSPS) is 25.5. The van der Waals surface area contributed by atoms with Crippen molar-refractivity contribution in [2.75, 3.05) is 0 Å². The first-order valence-corrected chi connectivity index (χ1v) is 15.1. The highest BCUT2D eigenvalue weighted by Crippen LogP contribution is 2.64. The molecule has 0 N–H and O–H groups in total. The summed E-state index contributed by atoms with van der Waals surface area (Å²) in [5, 5.41) is 0. The Bertz CT molecular complexity index is 1430. The van der Waals surface area contributed by atoms with E-state index in [2.05, 4.69) is 136 Å². The summed E-state index contributed by atoms with van der Waals surface area (Å²) in [4.78, 5) is 0. The molecule has 0 radical (unpaired) electrons. The summed E-state index contributed by atoms with van der Waals surface area (Å²) in [5.74, 6) is 0. The molecule has 38 heavy (non-hydrogen) atoms. The molecule has 206 valence electrons. The standard InChI is InChI=1S/C36H53N2/c1-14-15-16-19-36(12)25-18-17-24(20-26(25)33(6,7)35(36,10)11)38-23-37(13)29-21-27-28(22-30(29)38)32(4,5)34(8,9)31(27,2)3/h17-18,20-23H,14-16,19H2,1-13H3/q+1. The number of hydrogen-bond acceptors (Lipinski definition) is 0. The summed E-state index contributed by atoms with van der Waals surface area (Å²) in [6, 6.07) is 12.4. The van der Waals surface area contributed by atoms with Crippen LogP contribution in [0.3, 0.4) is 0 Å². The number of unbranched alkanes of at least 4 members (excludes halogenated alkanes) is 2. The highest BCUT2D eigenvalue weighted by molar-refractivity contribution is 5.79. The number of nitrogens with zero attached hydrogens (tertiary/aromatic N) is 2. The molecule has 0 amide bonds. The fourth-order valence-electron chi connectivity index (χ4n) is 8.26. The van der Waals surface area contributed by atoms with Crippen LogP contribution in [0, 0.1) is 10.8 Å². The van der Waals surface area contributed by atoms with Crippen LogP contribution in [0.15, 0.2) is 36.7 Å². The van der Waals surface area contributed by atoms with E-state index in [0.29, 0.717) is 0 Å². The van der Waals surface area contributed by atoms with E-state index < -0.39 is 0 Å². The molecule has 0 bridgehead atoms. The van der Waals surface area contributed by atoms with Crippen molar-refractivity contribution in [2.24, 2.45) is 17.9 Å². The van der Waals surface area contributed by atoms with E-state index in [1.165, 1.54) is 59.1 Å². The van der Waals surface area contributed by atoms with E-state index in [0.717, 1.165) is 0 Å². The molecule has 3 aromatic rings. The van der Waals surface area contributed by atoms with Crippen molar-refractivity contribution in [3.05, 3.63) is 58.9 Å². The Labute approximate surface area is 232 Å². The van der Waals surface area contributed by atoms with Gasteiger partial charge >= 0.3 is 0 Å². The number of hydrogen-bond donors (Lipinski definition) is 0. The quantitative estimate of drug-likeness (QED) is 0.237. The minimum absolute atomic E-state index is 0.0952. The van der Waals surface area contributed by atoms with Crippen LogP contribution in [0.1, 0.15) is 131 Å². The van der Waals surface area contributed by atoms with Crippen molar-refractivity contribution in [3.63, 3.8) is 0 Å². The van der Waals surface area contributed by atoms with Crippen LogP contribution in [0.5, 0.6) is 0 Å². The molecule has 0 saturated heterocycles. The van der Waals surface area contributed by atoms with Gasteiger partial charge in [-0.15, -0.1) is 0 Å². The first-order chi connectivity index (χ1) is 17.4. The minimum Gasteiger partial charge on any atom is -0.232 e. The molecule has 5 rings (SSSR count). The average molecular weight is 514 g/mol. The van der Waals surface area contributed by atoms with Crippen LogP contribution in [-0.2, 0) is 28.7 Å². The molecule has 1 heterocycles. The maximum Gasteiger partial charge on any atom is 0.249 e. The largest absolute Gasteiger partial charge is 0.249 e. The van der Waals surface area contributed by atoms with E-state index >= 15 is 0 Å². The van der Waals surface area contributed by atoms with E-state index in [-0.39, 0.29) is 32.5 Å². The Hall–Kier alpha value is -2.09. The van der Waals surface area contributed by atoms with Crippen molar-refractivity contribution in [2.45, 2.75) is 130 Å². The van der Waals surface area contributed by atoms with Gasteiger partial charge in [0.25, 0.3) is 0 Å². The summed E-state index contributed by atoms with van der Waals surface area (Å²) >= 11 is 0. The van der Waals surface area contributed by atoms with Crippen molar-refractivity contribution >= 4 is 11.0 Å². The number of rotatable bonds is 5. The fraction of sp³-hybridized carbons (Fsp3) is 0.639. The number of fused-ring (bicyclic) bond motifs is 3. The zero-order valence-electron chi connectivity index (χ0n) is 26.7. The van der Waals surface area contributed by atoms with Gasteiger partial charge in [-0.25, -0.2) is 4.57 Å². The third kappa shape index (κ3) is 3.10. The number of benzene rings is 2. The van der Waals surface area contributed by atoms with Crippen LogP contribution in [0.25, 0.3) is 16.7 Å². The van der Waals surface area contributed by atoms with Crippen LogP contribution < -0.4 is 4.57 Å². The van der Waals surface area contributed by atoms with Crippen molar-refractivity contribution in [1.82, 2.24) is 4.57 Å². The monoisotopic (exact) mass is 513 g/mol. The molecular formula is C36H53N2+. The zero-order chi connectivity index (χ0) is 28.3. The molecule has 1 atom stereocenters. The summed E-state index contributed by atoms with van der Waals surface area (Å²) in [6.07, 6.45) is 7.45. The fourth-order valence-corrected chi connectivity index (χ4v) is 8.26. The molecule has 0 saturated carbocycles. The maximum absolute atomic E-state index is 2.54. The predicted octanol–water partition coefficient (Wildman–Crippen LogP) is 9.21. The lowest BCUT2D eigenvalue weighted by molar-refractivity contribution is -0.645. The number of imidazole rings is 1. The molecule has 0 fully saturated rings. The van der Waals surface area contributed by atoms with E-state index in [1.54, 1.807) is 5.56 Å². The van der Waals surface area contributed by atoms with Gasteiger partial charge in [0.1, 0.15) is 5.69 Å². The lowest BCUT2D eigenvalue weighted by Gasteiger charge is -2.47. The van der Waals surface area contributed by atoms with Crippen LogP contribution >= 0.6 is 0 Å². The van der Waals surface area contributed by atoms with Gasteiger partial charge in [-0.05, 0) is 85.4 Å². The Kier molecular flexibility index (Phi) is 5.77. The van der Waals surface area contributed by atoms with E-state index in [1.807, 2.05) is 0 Å². The molecule has 1 aromatic heterocycles. The van der Waals surface area contributed by atoms with E-state index in [9.17, 15) is 0 Å². The van der Waals surface area contributed by atoms with Gasteiger partial charge < -0.3 is 0 Å². The Morgan fingerprint density at radius 2 is 1.21 bits per heavy atom. The lowest BCUT2D eigenvalue weighted by atomic mass is 9.57. The third-order valence-electron chi connectivity index (χ3n) is 13.3. The Balaban J connectivity index is 1.70. The third-order valence-corrected chi connectivity index (χ3v) is 13.3. The summed E-state index contributed by atoms with van der Waals surface area (Å²) < 4.78 is 4.77. The first kappa shape index (κ1) is 27.5. The average Bonchev–Trinajstić information content (AvgIpc) is 3.26. The van der Waals surface area contributed by atoms with Crippen molar-refractivity contribution < 1.29 is 4.57 Å². The van der Waals surface area contributed by atoms with E-state index in [4.69, 9.17) is 0 Å². The molecule has 2 heteroatoms. The predicted molar refractivity (Wildman–Crippen MR) is 163 cm³/mol. The smallest absolute Gasteiger partial charge is 0.232 e. The van der Waals surface area contributed by atoms with Crippen LogP contribution in [0.2, 0.25) is 0 Å². The second-order valence-electron chi connectivity index (χ2n) is 15.6. The van der Waals surface area contributed by atoms with Gasteiger partial charge in [-0.3, -0.25) is 0 Å². The van der Waals surface area contributed by atoms with Crippen molar-refractivity contribution in [3.8, 4) is 5.69 Å².